The predicted molar refractivity (Wildman–Crippen MR) is 72.0 cm³/mol. The normalized spacial score (nSPS) is 28.9. The first-order valence-corrected chi connectivity index (χ1v) is 6.85. The molecule has 3 atom stereocenters. The number of nitrogens with one attached hydrogen (secondary N) is 2. The molecule has 2 fully saturated rings. The molecule has 3 unspecified atom stereocenters. The zero-order valence-electron chi connectivity index (χ0n) is 10.6. The van der Waals surface area contributed by atoms with Crippen LogP contribution in [0.4, 0.5) is 0 Å². The molecular formula is C15H16N2O2. The van der Waals surface area contributed by atoms with Crippen molar-refractivity contribution in [1.29, 1.82) is 0 Å². The van der Waals surface area contributed by atoms with Gasteiger partial charge in [0.2, 0.25) is 0 Å². The third kappa shape index (κ3) is 1.83. The van der Waals surface area contributed by atoms with Crippen LogP contribution in [-0.2, 0) is 0 Å². The number of rotatable bonds is 2. The van der Waals surface area contributed by atoms with Crippen LogP contribution in [0.1, 0.15) is 29.8 Å². The molecular weight excluding hydrogens is 240 g/mol. The smallest absolute Gasteiger partial charge is 0.287 e. The van der Waals surface area contributed by atoms with Gasteiger partial charge in [0.25, 0.3) is 5.91 Å². The van der Waals surface area contributed by atoms with Gasteiger partial charge in [0.05, 0.1) is 0 Å². The molecule has 4 nitrogen and oxygen atoms in total. The van der Waals surface area contributed by atoms with Gasteiger partial charge in [0.15, 0.2) is 5.76 Å². The van der Waals surface area contributed by atoms with E-state index in [1.807, 2.05) is 30.3 Å². The Hall–Kier alpha value is -1.81. The lowest BCUT2D eigenvalue weighted by molar-refractivity contribution is 0.0905. The van der Waals surface area contributed by atoms with Crippen molar-refractivity contribution in [3.63, 3.8) is 0 Å². The summed E-state index contributed by atoms with van der Waals surface area (Å²) in [7, 11) is 0. The highest BCUT2D eigenvalue weighted by Gasteiger charge is 2.39. The van der Waals surface area contributed by atoms with Crippen LogP contribution in [0.25, 0.3) is 11.0 Å². The third-order valence-corrected chi connectivity index (χ3v) is 4.27. The summed E-state index contributed by atoms with van der Waals surface area (Å²) in [6.45, 7) is 0. The Bertz CT molecular complexity index is 601. The molecule has 2 aromatic rings. The fraction of sp³-hybridized carbons (Fsp3) is 0.400. The van der Waals surface area contributed by atoms with E-state index in [4.69, 9.17) is 4.42 Å². The van der Waals surface area contributed by atoms with E-state index >= 15 is 0 Å². The molecule has 2 bridgehead atoms. The zero-order chi connectivity index (χ0) is 12.8. The van der Waals surface area contributed by atoms with E-state index in [1.165, 1.54) is 6.42 Å². The van der Waals surface area contributed by atoms with E-state index in [9.17, 15) is 4.79 Å². The number of fused-ring (bicyclic) bond motifs is 3. The minimum Gasteiger partial charge on any atom is -0.451 e. The summed E-state index contributed by atoms with van der Waals surface area (Å²) in [4.78, 5) is 12.2. The van der Waals surface area contributed by atoms with E-state index < -0.39 is 0 Å². The van der Waals surface area contributed by atoms with Crippen molar-refractivity contribution in [2.75, 3.05) is 0 Å². The van der Waals surface area contributed by atoms with Crippen molar-refractivity contribution in [2.24, 2.45) is 0 Å². The van der Waals surface area contributed by atoms with E-state index in [0.717, 1.165) is 23.8 Å². The Morgan fingerprint density at radius 2 is 2.21 bits per heavy atom. The van der Waals surface area contributed by atoms with Crippen LogP contribution < -0.4 is 10.6 Å². The molecule has 0 radical (unpaired) electrons. The van der Waals surface area contributed by atoms with Gasteiger partial charge < -0.3 is 15.1 Å². The summed E-state index contributed by atoms with van der Waals surface area (Å²) in [5.41, 5.74) is 0.763. The molecule has 4 rings (SSSR count). The molecule has 3 heterocycles. The number of furan rings is 1. The van der Waals surface area contributed by atoms with Crippen LogP contribution in [0.5, 0.6) is 0 Å². The van der Waals surface area contributed by atoms with Crippen molar-refractivity contribution in [3.8, 4) is 0 Å². The average molecular weight is 256 g/mol. The molecule has 0 saturated carbocycles. The Morgan fingerprint density at radius 1 is 1.32 bits per heavy atom. The number of benzene rings is 1. The number of carbonyl (C=O) groups is 1. The van der Waals surface area contributed by atoms with Crippen LogP contribution in [0.15, 0.2) is 34.7 Å². The van der Waals surface area contributed by atoms with E-state index in [2.05, 4.69) is 10.6 Å². The predicted octanol–water partition coefficient (Wildman–Crippen LogP) is 2.06. The number of hydrogen-bond acceptors (Lipinski definition) is 3. The van der Waals surface area contributed by atoms with Crippen molar-refractivity contribution in [3.05, 3.63) is 36.1 Å². The lowest BCUT2D eigenvalue weighted by Crippen LogP contribution is -2.42. The molecule has 1 aromatic carbocycles. The number of hydrogen-bond donors (Lipinski definition) is 2. The topological polar surface area (TPSA) is 54.3 Å². The van der Waals surface area contributed by atoms with Crippen molar-refractivity contribution in [1.82, 2.24) is 10.6 Å². The van der Waals surface area contributed by atoms with E-state index in [1.54, 1.807) is 0 Å². The first kappa shape index (κ1) is 11.1. The standard InChI is InChI=1S/C15H16N2O2/c18-15(17-12-8-10-5-6-11(12)16-10)14-7-9-3-1-2-4-13(9)19-14/h1-4,7,10-12,16H,5-6,8H2,(H,17,18). The summed E-state index contributed by atoms with van der Waals surface area (Å²) in [5.74, 6) is 0.305. The summed E-state index contributed by atoms with van der Waals surface area (Å²) >= 11 is 0. The van der Waals surface area contributed by atoms with Crippen LogP contribution in [0.3, 0.4) is 0 Å². The Labute approximate surface area is 111 Å². The first-order valence-electron chi connectivity index (χ1n) is 6.85. The molecule has 0 spiro atoms. The summed E-state index contributed by atoms with van der Waals surface area (Å²) in [5, 5.41) is 7.58. The highest BCUT2D eigenvalue weighted by Crippen LogP contribution is 2.28. The SMILES string of the molecule is O=C(NC1CC2CCC1N2)c1cc2ccccc2o1. The highest BCUT2D eigenvalue weighted by molar-refractivity contribution is 5.96. The monoisotopic (exact) mass is 256 g/mol. The van der Waals surface area contributed by atoms with Gasteiger partial charge in [0, 0.05) is 23.5 Å². The number of para-hydroxylation sites is 1. The minimum atomic E-state index is -0.101. The maximum atomic E-state index is 12.2. The van der Waals surface area contributed by atoms with Gasteiger partial charge in [-0.25, -0.2) is 0 Å². The molecule has 1 amide bonds. The Kier molecular flexibility index (Phi) is 2.38. The Morgan fingerprint density at radius 3 is 2.95 bits per heavy atom. The lowest BCUT2D eigenvalue weighted by atomic mass is 9.95. The van der Waals surface area contributed by atoms with Gasteiger partial charge in [0.1, 0.15) is 5.58 Å². The van der Waals surface area contributed by atoms with Gasteiger partial charge in [-0.15, -0.1) is 0 Å². The largest absolute Gasteiger partial charge is 0.451 e. The molecule has 2 aliphatic rings. The van der Waals surface area contributed by atoms with Gasteiger partial charge in [-0.1, -0.05) is 18.2 Å². The lowest BCUT2D eigenvalue weighted by Gasteiger charge is -2.20. The van der Waals surface area contributed by atoms with Crippen LogP contribution in [0, 0.1) is 0 Å². The summed E-state index contributed by atoms with van der Waals surface area (Å²) < 4.78 is 5.59. The van der Waals surface area contributed by atoms with Gasteiger partial charge in [-0.3, -0.25) is 4.79 Å². The molecule has 2 aliphatic heterocycles. The second kappa shape index (κ2) is 4.10. The quantitative estimate of drug-likeness (QED) is 0.864. The Balaban J connectivity index is 1.53. The summed E-state index contributed by atoms with van der Waals surface area (Å²) in [6, 6.07) is 10.8. The van der Waals surface area contributed by atoms with E-state index in [-0.39, 0.29) is 11.9 Å². The van der Waals surface area contributed by atoms with Crippen molar-refractivity contribution >= 4 is 16.9 Å². The first-order chi connectivity index (χ1) is 9.29. The van der Waals surface area contributed by atoms with Crippen molar-refractivity contribution < 1.29 is 9.21 Å². The molecule has 19 heavy (non-hydrogen) atoms. The van der Waals surface area contributed by atoms with Crippen molar-refractivity contribution in [2.45, 2.75) is 37.4 Å². The van der Waals surface area contributed by atoms with Gasteiger partial charge in [-0.05, 0) is 31.4 Å². The molecule has 4 heteroatoms. The molecule has 2 saturated heterocycles. The van der Waals surface area contributed by atoms with Crippen LogP contribution in [0.2, 0.25) is 0 Å². The fourth-order valence-corrected chi connectivity index (χ4v) is 3.32. The molecule has 1 aromatic heterocycles. The summed E-state index contributed by atoms with van der Waals surface area (Å²) in [6.07, 6.45) is 3.44. The average Bonchev–Trinajstić information content (AvgIpc) is 3.12. The van der Waals surface area contributed by atoms with Crippen LogP contribution >= 0.6 is 0 Å². The third-order valence-electron chi connectivity index (χ3n) is 4.27. The van der Waals surface area contributed by atoms with Crippen LogP contribution in [-0.4, -0.2) is 24.0 Å². The second-order valence-corrected chi connectivity index (χ2v) is 5.51. The zero-order valence-corrected chi connectivity index (χ0v) is 10.6. The molecule has 2 N–H and O–H groups in total. The van der Waals surface area contributed by atoms with E-state index in [0.29, 0.717) is 17.8 Å². The maximum Gasteiger partial charge on any atom is 0.287 e. The minimum absolute atomic E-state index is 0.101. The number of carbonyl (C=O) groups excluding carboxylic acids is 1. The second-order valence-electron chi connectivity index (χ2n) is 5.51. The van der Waals surface area contributed by atoms with Gasteiger partial charge >= 0.3 is 0 Å². The maximum absolute atomic E-state index is 12.2. The molecule has 98 valence electrons. The number of amides is 1. The van der Waals surface area contributed by atoms with Gasteiger partial charge in [-0.2, -0.15) is 0 Å². The highest BCUT2D eigenvalue weighted by atomic mass is 16.3. The molecule has 0 aliphatic carbocycles. The fourth-order valence-electron chi connectivity index (χ4n) is 3.32.